The van der Waals surface area contributed by atoms with Gasteiger partial charge >= 0.3 is 0 Å². The third-order valence-corrected chi connectivity index (χ3v) is 7.48. The summed E-state index contributed by atoms with van der Waals surface area (Å²) in [6.45, 7) is 2.21. The van der Waals surface area contributed by atoms with Gasteiger partial charge in [-0.15, -0.1) is 0 Å². The molecule has 0 spiro atoms. The van der Waals surface area contributed by atoms with Crippen molar-refractivity contribution in [2.45, 2.75) is 38.7 Å². The van der Waals surface area contributed by atoms with Crippen molar-refractivity contribution < 1.29 is 14.6 Å². The first-order chi connectivity index (χ1) is 15.0. The van der Waals surface area contributed by atoms with Crippen LogP contribution in [0.3, 0.4) is 0 Å². The zero-order valence-electron chi connectivity index (χ0n) is 17.5. The number of fused-ring (bicyclic) bond motifs is 2. The van der Waals surface area contributed by atoms with Gasteiger partial charge in [0.2, 0.25) is 0 Å². The number of aromatic nitrogens is 3. The molecule has 1 saturated carbocycles. The fourth-order valence-electron chi connectivity index (χ4n) is 5.51. The van der Waals surface area contributed by atoms with Gasteiger partial charge in [-0.05, 0) is 73.7 Å². The van der Waals surface area contributed by atoms with Gasteiger partial charge in [0, 0.05) is 23.6 Å². The third-order valence-electron chi connectivity index (χ3n) is 7.48. The van der Waals surface area contributed by atoms with Crippen LogP contribution in [0.5, 0.6) is 0 Å². The highest BCUT2D eigenvalue weighted by atomic mass is 19.1. The highest BCUT2D eigenvalue weighted by molar-refractivity contribution is 5.62. The first-order valence-electron chi connectivity index (χ1n) is 10.7. The lowest BCUT2D eigenvalue weighted by Gasteiger charge is -2.46. The fourth-order valence-corrected chi connectivity index (χ4v) is 5.51. The van der Waals surface area contributed by atoms with E-state index in [1.54, 1.807) is 18.3 Å². The monoisotopic (exact) mass is 419 g/mol. The molecule has 3 aromatic rings. The van der Waals surface area contributed by atoms with E-state index in [1.807, 2.05) is 29.1 Å². The minimum atomic E-state index is -0.729. The molecule has 160 valence electrons. The summed E-state index contributed by atoms with van der Waals surface area (Å²) in [5.74, 6) is -0.273. The number of pyridine rings is 1. The van der Waals surface area contributed by atoms with Crippen LogP contribution in [0.1, 0.15) is 49.2 Å². The number of hydrogen-bond donors (Lipinski definition) is 2. The van der Waals surface area contributed by atoms with Crippen LogP contribution in [0.15, 0.2) is 60.4 Å². The lowest BCUT2D eigenvalue weighted by molar-refractivity contribution is -0.0149. The Hall–Kier alpha value is -2.83. The molecule has 1 aromatic carbocycles. The number of rotatable bonds is 5. The molecule has 1 fully saturated rings. The van der Waals surface area contributed by atoms with Crippen molar-refractivity contribution in [1.29, 1.82) is 0 Å². The number of benzene rings is 1. The maximum Gasteiger partial charge on any atom is 0.123 e. The van der Waals surface area contributed by atoms with Gasteiger partial charge < -0.3 is 10.2 Å². The second-order valence-electron chi connectivity index (χ2n) is 9.03. The average Bonchev–Trinajstić information content (AvgIpc) is 3.31. The average molecular weight is 420 g/mol. The van der Waals surface area contributed by atoms with Gasteiger partial charge in [0.1, 0.15) is 5.82 Å². The minimum Gasteiger partial charge on any atom is -0.396 e. The molecule has 31 heavy (non-hydrogen) atoms. The molecule has 5 nitrogen and oxygen atoms in total. The van der Waals surface area contributed by atoms with E-state index in [0.29, 0.717) is 12.1 Å². The van der Waals surface area contributed by atoms with Crippen LogP contribution in [-0.4, -0.2) is 31.6 Å². The number of aliphatic hydroxyl groups excluding tert-OH is 2. The predicted octanol–water partition coefficient (Wildman–Crippen LogP) is 4.25. The van der Waals surface area contributed by atoms with Crippen LogP contribution in [0.2, 0.25) is 0 Å². The Kier molecular flexibility index (Phi) is 4.79. The first kappa shape index (κ1) is 20.1. The van der Waals surface area contributed by atoms with E-state index in [0.717, 1.165) is 36.2 Å². The smallest absolute Gasteiger partial charge is 0.123 e. The quantitative estimate of drug-likeness (QED) is 0.649. The second-order valence-corrected chi connectivity index (χ2v) is 9.03. The van der Waals surface area contributed by atoms with Gasteiger partial charge in [-0.1, -0.05) is 18.6 Å². The summed E-state index contributed by atoms with van der Waals surface area (Å²) in [6, 6.07) is 11.9. The molecular weight excluding hydrogens is 393 g/mol. The van der Waals surface area contributed by atoms with Crippen molar-refractivity contribution in [3.05, 3.63) is 83.2 Å². The van der Waals surface area contributed by atoms with Crippen molar-refractivity contribution in [3.8, 4) is 5.69 Å². The lowest BCUT2D eigenvalue weighted by Crippen LogP contribution is -2.43. The molecule has 0 radical (unpaired) electrons. The van der Waals surface area contributed by atoms with Gasteiger partial charge in [-0.25, -0.2) is 9.07 Å². The number of nitrogens with zero attached hydrogens (tertiary/aromatic N) is 3. The van der Waals surface area contributed by atoms with Crippen LogP contribution in [0.25, 0.3) is 11.8 Å². The van der Waals surface area contributed by atoms with Crippen LogP contribution in [0, 0.1) is 16.6 Å². The van der Waals surface area contributed by atoms with Gasteiger partial charge in [0.15, 0.2) is 0 Å². The van der Waals surface area contributed by atoms with E-state index in [2.05, 4.69) is 23.1 Å². The zero-order valence-corrected chi connectivity index (χ0v) is 17.5. The summed E-state index contributed by atoms with van der Waals surface area (Å²) in [6.07, 6.45) is 7.87. The lowest BCUT2D eigenvalue weighted by atomic mass is 9.59. The van der Waals surface area contributed by atoms with E-state index >= 15 is 0 Å². The Morgan fingerprint density at radius 3 is 2.71 bits per heavy atom. The summed E-state index contributed by atoms with van der Waals surface area (Å²) in [7, 11) is 0. The summed E-state index contributed by atoms with van der Waals surface area (Å²) in [5.41, 5.74) is 4.12. The largest absolute Gasteiger partial charge is 0.396 e. The SMILES string of the molecule is C[C@]12Cc3cnn(-c4ccc(F)cc4)c3C=C1CC[C@@]2(CO)CC(O)c1ccccn1. The van der Waals surface area contributed by atoms with Gasteiger partial charge in [-0.2, -0.15) is 5.10 Å². The topological polar surface area (TPSA) is 71.2 Å². The Labute approximate surface area is 180 Å². The number of allylic oxidation sites excluding steroid dienone is 1. The molecule has 2 N–H and O–H groups in total. The number of halogens is 1. The van der Waals surface area contributed by atoms with Crippen molar-refractivity contribution >= 4 is 6.08 Å². The molecule has 2 aliphatic rings. The van der Waals surface area contributed by atoms with Crippen LogP contribution in [-0.2, 0) is 6.42 Å². The van der Waals surface area contributed by atoms with Crippen LogP contribution >= 0.6 is 0 Å². The standard InChI is InChI=1S/C25H26FN3O2/c1-24-13-17-15-28-29(20-7-5-19(26)6-8-20)22(17)12-18(24)9-10-25(24,16-30)14-23(31)21-4-2-3-11-27-21/h2-8,11-12,15,23,30-31H,9-10,13-14,16H2,1H3/t23?,24-,25-/m0/s1. The molecular formula is C25H26FN3O2. The first-order valence-corrected chi connectivity index (χ1v) is 10.7. The highest BCUT2D eigenvalue weighted by Gasteiger charge is 2.56. The Morgan fingerprint density at radius 2 is 2.00 bits per heavy atom. The molecule has 6 heteroatoms. The van der Waals surface area contributed by atoms with Crippen molar-refractivity contribution in [2.24, 2.45) is 10.8 Å². The Bertz CT molecular complexity index is 1130. The highest BCUT2D eigenvalue weighted by Crippen LogP contribution is 2.62. The normalized spacial score (nSPS) is 25.6. The van der Waals surface area contributed by atoms with E-state index in [9.17, 15) is 14.6 Å². The van der Waals surface area contributed by atoms with Crippen LogP contribution in [0.4, 0.5) is 4.39 Å². The minimum absolute atomic E-state index is 0.00612. The summed E-state index contributed by atoms with van der Waals surface area (Å²) in [5, 5.41) is 26.0. The van der Waals surface area contributed by atoms with Gasteiger partial charge in [-0.3, -0.25) is 4.98 Å². The molecule has 0 amide bonds. The Morgan fingerprint density at radius 1 is 1.19 bits per heavy atom. The summed E-state index contributed by atoms with van der Waals surface area (Å²) < 4.78 is 15.2. The predicted molar refractivity (Wildman–Crippen MR) is 116 cm³/mol. The maximum absolute atomic E-state index is 13.4. The molecule has 1 unspecified atom stereocenters. The Balaban J connectivity index is 1.50. The van der Waals surface area contributed by atoms with E-state index in [1.165, 1.54) is 17.7 Å². The maximum atomic E-state index is 13.4. The molecule has 2 aliphatic carbocycles. The van der Waals surface area contributed by atoms with Crippen LogP contribution < -0.4 is 0 Å². The molecule has 5 rings (SSSR count). The van der Waals surface area contributed by atoms with Crippen molar-refractivity contribution in [2.75, 3.05) is 6.61 Å². The molecule has 0 aliphatic heterocycles. The second kappa shape index (κ2) is 7.39. The third kappa shape index (κ3) is 3.13. The van der Waals surface area contributed by atoms with E-state index in [-0.39, 0.29) is 17.8 Å². The molecule has 3 atom stereocenters. The van der Waals surface area contributed by atoms with Crippen molar-refractivity contribution in [1.82, 2.24) is 14.8 Å². The van der Waals surface area contributed by atoms with Gasteiger partial charge in [0.05, 0.1) is 29.4 Å². The van der Waals surface area contributed by atoms with E-state index < -0.39 is 11.5 Å². The van der Waals surface area contributed by atoms with Crippen molar-refractivity contribution in [3.63, 3.8) is 0 Å². The molecule has 0 saturated heterocycles. The molecule has 2 aromatic heterocycles. The fraction of sp³-hybridized carbons (Fsp3) is 0.360. The summed E-state index contributed by atoms with van der Waals surface area (Å²) in [4.78, 5) is 4.31. The molecule has 0 bridgehead atoms. The van der Waals surface area contributed by atoms with E-state index in [4.69, 9.17) is 0 Å². The zero-order chi connectivity index (χ0) is 21.6. The number of aliphatic hydroxyl groups is 2. The van der Waals surface area contributed by atoms with Gasteiger partial charge in [0.25, 0.3) is 0 Å². The number of hydrogen-bond acceptors (Lipinski definition) is 4. The molecule has 2 heterocycles. The summed E-state index contributed by atoms with van der Waals surface area (Å²) >= 11 is 0.